The molecule has 4 aromatic rings. The van der Waals surface area contributed by atoms with E-state index in [1.54, 1.807) is 0 Å². The minimum absolute atomic E-state index is 0.0556. The summed E-state index contributed by atoms with van der Waals surface area (Å²) < 4.78 is 0. The normalized spacial score (nSPS) is 11.2. The van der Waals surface area contributed by atoms with E-state index in [2.05, 4.69) is 109 Å². The Kier molecular flexibility index (Phi) is 8.89. The van der Waals surface area contributed by atoms with Gasteiger partial charge in [0.15, 0.2) is 0 Å². The van der Waals surface area contributed by atoms with Gasteiger partial charge in [0.05, 0.1) is 0 Å². The third-order valence-corrected chi connectivity index (χ3v) is 6.83. The summed E-state index contributed by atoms with van der Waals surface area (Å²) in [6.45, 7) is 12.1. The van der Waals surface area contributed by atoms with Crippen molar-refractivity contribution >= 4 is 11.7 Å². The molecule has 0 fully saturated rings. The van der Waals surface area contributed by atoms with Crippen molar-refractivity contribution in [1.29, 1.82) is 0 Å². The summed E-state index contributed by atoms with van der Waals surface area (Å²) >= 11 is 0. The van der Waals surface area contributed by atoms with E-state index < -0.39 is 0 Å². The smallest absolute Gasteiger partial charge is 0.320 e. The summed E-state index contributed by atoms with van der Waals surface area (Å²) in [5.74, 6) is 1.20. The molecular weight excluding hydrogens is 472 g/mol. The van der Waals surface area contributed by atoms with Crippen molar-refractivity contribution in [1.82, 2.24) is 25.5 Å². The van der Waals surface area contributed by atoms with Gasteiger partial charge in [-0.2, -0.15) is 5.21 Å². The summed E-state index contributed by atoms with van der Waals surface area (Å²) in [7, 11) is 0. The number of urea groups is 1. The van der Waals surface area contributed by atoms with Crippen molar-refractivity contribution in [2.45, 2.75) is 65.8 Å². The zero-order valence-corrected chi connectivity index (χ0v) is 23.0. The molecule has 1 heterocycles. The molecule has 38 heavy (non-hydrogen) atoms. The van der Waals surface area contributed by atoms with E-state index >= 15 is 0 Å². The van der Waals surface area contributed by atoms with E-state index in [0.717, 1.165) is 40.8 Å². The van der Waals surface area contributed by atoms with Crippen molar-refractivity contribution in [3.63, 3.8) is 0 Å². The van der Waals surface area contributed by atoms with Crippen molar-refractivity contribution < 1.29 is 4.79 Å². The number of hydrogen-bond donors (Lipinski definition) is 2. The van der Waals surface area contributed by atoms with Crippen LogP contribution in [0.4, 0.5) is 10.5 Å². The molecule has 4 rings (SSSR count). The first-order chi connectivity index (χ1) is 18.4. The summed E-state index contributed by atoms with van der Waals surface area (Å²) in [4.78, 5) is 15.6. The molecule has 0 bridgehead atoms. The molecule has 0 aliphatic carbocycles. The monoisotopic (exact) mass is 510 g/mol. The van der Waals surface area contributed by atoms with E-state index in [9.17, 15) is 4.79 Å². The number of unbranched alkanes of at least 4 members (excludes halogenated alkanes) is 1. The lowest BCUT2D eigenvalue weighted by Crippen LogP contribution is -2.36. The predicted octanol–water partition coefficient (Wildman–Crippen LogP) is 7.61. The Morgan fingerprint density at radius 2 is 1.55 bits per heavy atom. The number of anilines is 1. The van der Waals surface area contributed by atoms with Crippen LogP contribution in [-0.2, 0) is 6.54 Å². The predicted molar refractivity (Wildman–Crippen MR) is 154 cm³/mol. The van der Waals surface area contributed by atoms with Gasteiger partial charge in [-0.3, -0.25) is 0 Å². The van der Waals surface area contributed by atoms with Crippen LogP contribution in [0.3, 0.4) is 0 Å². The largest absolute Gasteiger partial charge is 0.322 e. The van der Waals surface area contributed by atoms with Gasteiger partial charge in [0.25, 0.3) is 0 Å². The first-order valence-corrected chi connectivity index (χ1v) is 13.5. The van der Waals surface area contributed by atoms with Crippen molar-refractivity contribution in [3.05, 3.63) is 83.4 Å². The standard InChI is InChI=1S/C31H38N6O/c1-6-7-19-37(31(38)32-29-25(21(2)3)13-10-14-26(29)22(4)5)20-23-15-17-24(18-16-23)27-11-8-9-12-28(27)30-33-35-36-34-30/h8-18,21-22H,6-7,19-20H2,1-5H3,(H,32,38)(H,33,34,35,36). The quantitative estimate of drug-likeness (QED) is 0.230. The molecule has 0 radical (unpaired) electrons. The maximum atomic E-state index is 13.6. The van der Waals surface area contributed by atoms with Gasteiger partial charge in [0.2, 0.25) is 5.82 Å². The lowest BCUT2D eigenvalue weighted by molar-refractivity contribution is 0.208. The number of amides is 2. The summed E-state index contributed by atoms with van der Waals surface area (Å²) in [6.07, 6.45) is 1.97. The molecule has 0 aliphatic rings. The fourth-order valence-electron chi connectivity index (χ4n) is 4.70. The van der Waals surface area contributed by atoms with Crippen LogP contribution in [-0.4, -0.2) is 38.1 Å². The van der Waals surface area contributed by atoms with Gasteiger partial charge >= 0.3 is 6.03 Å². The number of H-pyrrole nitrogens is 1. The van der Waals surface area contributed by atoms with Crippen LogP contribution in [0.5, 0.6) is 0 Å². The second-order valence-electron chi connectivity index (χ2n) is 10.3. The summed E-state index contributed by atoms with van der Waals surface area (Å²) in [6, 6.07) is 22.7. The highest BCUT2D eigenvalue weighted by Crippen LogP contribution is 2.33. The number of nitrogens with one attached hydrogen (secondary N) is 2. The SMILES string of the molecule is CCCCN(Cc1ccc(-c2ccccc2-c2nn[nH]n2)cc1)C(=O)Nc1c(C(C)C)cccc1C(C)C. The molecule has 2 N–H and O–H groups in total. The van der Waals surface area contributed by atoms with Crippen LogP contribution in [0.25, 0.3) is 22.5 Å². The van der Waals surface area contributed by atoms with Crippen molar-refractivity contribution in [2.75, 3.05) is 11.9 Å². The molecule has 0 unspecified atom stereocenters. The Morgan fingerprint density at radius 3 is 2.13 bits per heavy atom. The van der Waals surface area contributed by atoms with Gasteiger partial charge in [0, 0.05) is 24.3 Å². The molecule has 7 nitrogen and oxygen atoms in total. The molecule has 7 heteroatoms. The number of para-hydroxylation sites is 1. The molecule has 0 atom stereocenters. The fourth-order valence-corrected chi connectivity index (χ4v) is 4.70. The Balaban J connectivity index is 1.56. The van der Waals surface area contributed by atoms with Crippen molar-refractivity contribution in [3.8, 4) is 22.5 Å². The van der Waals surface area contributed by atoms with Gasteiger partial charge in [-0.05, 0) is 51.3 Å². The topological polar surface area (TPSA) is 86.8 Å². The van der Waals surface area contributed by atoms with E-state index in [4.69, 9.17) is 0 Å². The zero-order chi connectivity index (χ0) is 27.1. The number of nitrogens with zero attached hydrogens (tertiary/aromatic N) is 4. The molecule has 1 aromatic heterocycles. The van der Waals surface area contributed by atoms with E-state index in [1.165, 1.54) is 11.1 Å². The van der Waals surface area contributed by atoms with Crippen LogP contribution in [0.15, 0.2) is 66.7 Å². The van der Waals surface area contributed by atoms with Crippen molar-refractivity contribution in [2.24, 2.45) is 0 Å². The van der Waals surface area contributed by atoms with E-state index in [0.29, 0.717) is 30.7 Å². The highest BCUT2D eigenvalue weighted by molar-refractivity contribution is 5.91. The minimum atomic E-state index is -0.0556. The first kappa shape index (κ1) is 27.0. The van der Waals surface area contributed by atoms with Crippen LogP contribution in [0.2, 0.25) is 0 Å². The van der Waals surface area contributed by atoms with Gasteiger partial charge in [0.1, 0.15) is 0 Å². The first-order valence-electron chi connectivity index (χ1n) is 13.5. The Hall–Kier alpha value is -4.00. The van der Waals surface area contributed by atoms with Gasteiger partial charge in [-0.25, -0.2) is 4.79 Å². The zero-order valence-electron chi connectivity index (χ0n) is 23.0. The minimum Gasteiger partial charge on any atom is -0.320 e. The molecule has 0 spiro atoms. The lowest BCUT2D eigenvalue weighted by Gasteiger charge is -2.26. The summed E-state index contributed by atoms with van der Waals surface area (Å²) in [5.41, 5.74) is 7.39. The number of carbonyl (C=O) groups excluding carboxylic acids is 1. The Labute approximate surface area is 225 Å². The average molecular weight is 511 g/mol. The number of aromatic nitrogens is 4. The van der Waals surface area contributed by atoms with Gasteiger partial charge < -0.3 is 10.2 Å². The Morgan fingerprint density at radius 1 is 0.895 bits per heavy atom. The fraction of sp³-hybridized carbons (Fsp3) is 0.355. The third kappa shape index (κ3) is 6.28. The maximum absolute atomic E-state index is 13.6. The molecule has 0 saturated heterocycles. The van der Waals surface area contributed by atoms with Crippen LogP contribution in [0.1, 0.15) is 76.0 Å². The number of carbonyl (C=O) groups is 1. The third-order valence-electron chi connectivity index (χ3n) is 6.83. The van der Waals surface area contributed by atoms with Gasteiger partial charge in [-0.15, -0.1) is 10.2 Å². The second-order valence-corrected chi connectivity index (χ2v) is 10.3. The van der Waals surface area contributed by atoms with E-state index in [-0.39, 0.29) is 6.03 Å². The van der Waals surface area contributed by atoms with Crippen LogP contribution >= 0.6 is 0 Å². The maximum Gasteiger partial charge on any atom is 0.322 e. The number of hydrogen-bond acceptors (Lipinski definition) is 4. The van der Waals surface area contributed by atoms with Crippen LogP contribution < -0.4 is 5.32 Å². The molecule has 3 aromatic carbocycles. The molecule has 2 amide bonds. The highest BCUT2D eigenvalue weighted by Gasteiger charge is 2.20. The molecule has 0 saturated carbocycles. The molecule has 198 valence electrons. The Bertz CT molecular complexity index is 1300. The number of tetrazole rings is 1. The summed E-state index contributed by atoms with van der Waals surface area (Å²) in [5, 5.41) is 17.8. The number of benzene rings is 3. The molecular formula is C31H38N6O. The number of aromatic amines is 1. The highest BCUT2D eigenvalue weighted by atomic mass is 16.2. The lowest BCUT2D eigenvalue weighted by atomic mass is 9.93. The second kappa shape index (κ2) is 12.5. The van der Waals surface area contributed by atoms with Crippen LogP contribution in [0, 0.1) is 0 Å². The van der Waals surface area contributed by atoms with Gasteiger partial charge in [-0.1, -0.05) is 108 Å². The average Bonchev–Trinajstić information content (AvgIpc) is 3.46. The van der Waals surface area contributed by atoms with E-state index in [1.807, 2.05) is 23.1 Å². The molecule has 0 aliphatic heterocycles. The number of rotatable bonds is 10.